The topological polar surface area (TPSA) is 39.4 Å². The highest BCUT2D eigenvalue weighted by Gasteiger charge is 2.36. The van der Waals surface area contributed by atoms with Gasteiger partial charge in [-0.3, -0.25) is 4.40 Å². The van der Waals surface area contributed by atoms with Crippen molar-refractivity contribution in [2.75, 3.05) is 0 Å². The van der Waals surface area contributed by atoms with E-state index in [2.05, 4.69) is 23.8 Å². The number of hydrogen-bond donors (Lipinski definition) is 0. The van der Waals surface area contributed by atoms with E-state index in [1.54, 1.807) is 6.20 Å². The van der Waals surface area contributed by atoms with Crippen LogP contribution in [0.3, 0.4) is 0 Å². The standard InChI is InChI=1S/C15H13N3O/c1-15(2)13-12(10-6-3-4-7-11(10)19-15)17-14-16-8-5-9-18(13)14/h3-9H,1-2H3. The molecule has 3 aromatic rings. The van der Waals surface area contributed by atoms with E-state index in [0.29, 0.717) is 5.78 Å². The van der Waals surface area contributed by atoms with E-state index in [1.807, 2.05) is 40.9 Å². The van der Waals surface area contributed by atoms with Gasteiger partial charge in [-0.05, 0) is 32.0 Å². The van der Waals surface area contributed by atoms with Gasteiger partial charge in [0.1, 0.15) is 17.0 Å². The monoisotopic (exact) mass is 251 g/mol. The van der Waals surface area contributed by atoms with E-state index >= 15 is 0 Å². The molecule has 3 heterocycles. The lowest BCUT2D eigenvalue weighted by atomic mass is 9.95. The van der Waals surface area contributed by atoms with Gasteiger partial charge in [0.05, 0.1) is 5.69 Å². The summed E-state index contributed by atoms with van der Waals surface area (Å²) in [7, 11) is 0. The lowest BCUT2D eigenvalue weighted by Gasteiger charge is -2.32. The molecule has 1 aromatic carbocycles. The highest BCUT2D eigenvalue weighted by molar-refractivity contribution is 5.74. The Morgan fingerprint density at radius 2 is 2.00 bits per heavy atom. The molecular weight excluding hydrogens is 238 g/mol. The Morgan fingerprint density at radius 3 is 2.89 bits per heavy atom. The van der Waals surface area contributed by atoms with Gasteiger partial charge in [-0.25, -0.2) is 9.97 Å². The maximum absolute atomic E-state index is 6.12. The van der Waals surface area contributed by atoms with Crippen LogP contribution < -0.4 is 4.74 Å². The molecule has 0 fully saturated rings. The smallest absolute Gasteiger partial charge is 0.234 e. The first-order valence-electron chi connectivity index (χ1n) is 6.29. The molecular formula is C15H13N3O. The molecule has 0 radical (unpaired) electrons. The first kappa shape index (κ1) is 10.6. The lowest BCUT2D eigenvalue weighted by molar-refractivity contribution is 0.0996. The van der Waals surface area contributed by atoms with Gasteiger partial charge in [-0.2, -0.15) is 0 Å². The summed E-state index contributed by atoms with van der Waals surface area (Å²) in [6, 6.07) is 9.91. The Morgan fingerprint density at radius 1 is 1.16 bits per heavy atom. The summed E-state index contributed by atoms with van der Waals surface area (Å²) in [6.07, 6.45) is 3.74. The molecule has 4 nitrogen and oxygen atoms in total. The van der Waals surface area contributed by atoms with Crippen LogP contribution in [0.2, 0.25) is 0 Å². The summed E-state index contributed by atoms with van der Waals surface area (Å²) < 4.78 is 8.13. The van der Waals surface area contributed by atoms with E-state index in [9.17, 15) is 0 Å². The quantitative estimate of drug-likeness (QED) is 0.616. The fraction of sp³-hybridized carbons (Fsp3) is 0.200. The van der Waals surface area contributed by atoms with Gasteiger partial charge in [-0.15, -0.1) is 0 Å². The zero-order chi connectivity index (χ0) is 13.0. The molecule has 1 aliphatic heterocycles. The van der Waals surface area contributed by atoms with Crippen molar-refractivity contribution in [2.24, 2.45) is 0 Å². The molecule has 0 saturated heterocycles. The number of para-hydroxylation sites is 1. The normalized spacial score (nSPS) is 15.7. The summed E-state index contributed by atoms with van der Waals surface area (Å²) in [5, 5.41) is 0. The third-order valence-corrected chi connectivity index (χ3v) is 3.48. The molecule has 0 amide bonds. The Balaban J connectivity index is 2.16. The molecule has 0 N–H and O–H groups in total. The van der Waals surface area contributed by atoms with Crippen molar-refractivity contribution in [3.63, 3.8) is 0 Å². The minimum absolute atomic E-state index is 0.424. The van der Waals surface area contributed by atoms with Crippen LogP contribution in [0.25, 0.3) is 17.0 Å². The molecule has 0 spiro atoms. The Bertz CT molecular complexity index is 789. The van der Waals surface area contributed by atoms with Crippen LogP contribution in [0.15, 0.2) is 42.7 Å². The van der Waals surface area contributed by atoms with E-state index in [4.69, 9.17) is 4.74 Å². The number of aromatic nitrogens is 3. The van der Waals surface area contributed by atoms with Crippen LogP contribution in [0, 0.1) is 0 Å². The van der Waals surface area contributed by atoms with Crippen molar-refractivity contribution in [1.82, 2.24) is 14.4 Å². The third kappa shape index (κ3) is 1.34. The first-order valence-corrected chi connectivity index (χ1v) is 6.29. The molecule has 19 heavy (non-hydrogen) atoms. The number of fused-ring (bicyclic) bond motifs is 5. The SMILES string of the molecule is CC1(C)Oc2ccccc2-c2nc3ncccn3c21. The van der Waals surface area contributed by atoms with E-state index in [-0.39, 0.29) is 0 Å². The fourth-order valence-corrected chi connectivity index (χ4v) is 2.72. The van der Waals surface area contributed by atoms with Crippen molar-refractivity contribution in [3.05, 3.63) is 48.4 Å². The van der Waals surface area contributed by atoms with Gasteiger partial charge in [0, 0.05) is 18.0 Å². The summed E-state index contributed by atoms with van der Waals surface area (Å²) >= 11 is 0. The molecule has 1 aliphatic rings. The van der Waals surface area contributed by atoms with E-state index < -0.39 is 5.60 Å². The van der Waals surface area contributed by atoms with Crippen molar-refractivity contribution in [1.29, 1.82) is 0 Å². The molecule has 94 valence electrons. The fourth-order valence-electron chi connectivity index (χ4n) is 2.72. The maximum Gasteiger partial charge on any atom is 0.234 e. The molecule has 0 saturated carbocycles. The highest BCUT2D eigenvalue weighted by Crippen LogP contribution is 2.44. The van der Waals surface area contributed by atoms with Crippen LogP contribution in [-0.2, 0) is 5.60 Å². The number of rotatable bonds is 0. The summed E-state index contributed by atoms with van der Waals surface area (Å²) in [4.78, 5) is 8.98. The van der Waals surface area contributed by atoms with Crippen molar-refractivity contribution < 1.29 is 4.74 Å². The number of benzene rings is 1. The average molecular weight is 251 g/mol. The zero-order valence-corrected chi connectivity index (χ0v) is 10.8. The van der Waals surface area contributed by atoms with Crippen LogP contribution in [0.4, 0.5) is 0 Å². The first-order chi connectivity index (χ1) is 9.17. The van der Waals surface area contributed by atoms with Gasteiger partial charge in [-0.1, -0.05) is 12.1 Å². The van der Waals surface area contributed by atoms with Crippen LogP contribution in [0.1, 0.15) is 19.5 Å². The second-order valence-electron chi connectivity index (χ2n) is 5.21. The predicted molar refractivity (Wildman–Crippen MR) is 72.1 cm³/mol. The molecule has 0 atom stereocenters. The van der Waals surface area contributed by atoms with Gasteiger partial charge in [0.25, 0.3) is 0 Å². The van der Waals surface area contributed by atoms with Crippen molar-refractivity contribution >= 4 is 5.78 Å². The largest absolute Gasteiger partial charge is 0.481 e. The number of nitrogens with zero attached hydrogens (tertiary/aromatic N) is 3. The van der Waals surface area contributed by atoms with Crippen molar-refractivity contribution in [2.45, 2.75) is 19.4 Å². The van der Waals surface area contributed by atoms with E-state index in [1.165, 1.54) is 0 Å². The molecule has 4 rings (SSSR count). The highest BCUT2D eigenvalue weighted by atomic mass is 16.5. The Kier molecular flexibility index (Phi) is 1.86. The van der Waals surface area contributed by atoms with Crippen molar-refractivity contribution in [3.8, 4) is 17.0 Å². The van der Waals surface area contributed by atoms with Crippen LogP contribution >= 0.6 is 0 Å². The second kappa shape index (κ2) is 3.35. The maximum atomic E-state index is 6.12. The second-order valence-corrected chi connectivity index (χ2v) is 5.21. The summed E-state index contributed by atoms with van der Waals surface area (Å²) in [5.74, 6) is 1.59. The molecule has 0 unspecified atom stereocenters. The molecule has 4 heteroatoms. The Hall–Kier alpha value is -2.36. The van der Waals surface area contributed by atoms with Gasteiger partial charge < -0.3 is 4.74 Å². The predicted octanol–water partition coefficient (Wildman–Crippen LogP) is 3.02. The summed E-state index contributed by atoms with van der Waals surface area (Å²) in [6.45, 7) is 4.12. The van der Waals surface area contributed by atoms with Gasteiger partial charge in [0.2, 0.25) is 5.78 Å². The molecule has 2 aromatic heterocycles. The van der Waals surface area contributed by atoms with Gasteiger partial charge in [0.15, 0.2) is 0 Å². The Labute approximate surface area is 110 Å². The van der Waals surface area contributed by atoms with Gasteiger partial charge >= 0.3 is 0 Å². The average Bonchev–Trinajstić information content (AvgIpc) is 2.78. The lowest BCUT2D eigenvalue weighted by Crippen LogP contribution is -2.30. The summed E-state index contributed by atoms with van der Waals surface area (Å²) in [5.41, 5.74) is 2.62. The van der Waals surface area contributed by atoms with Crippen LogP contribution in [-0.4, -0.2) is 14.4 Å². The minimum Gasteiger partial charge on any atom is -0.481 e. The van der Waals surface area contributed by atoms with E-state index in [0.717, 1.165) is 22.7 Å². The number of imidazole rings is 1. The molecule has 0 bridgehead atoms. The zero-order valence-electron chi connectivity index (χ0n) is 10.8. The third-order valence-electron chi connectivity index (χ3n) is 3.48. The number of hydrogen-bond acceptors (Lipinski definition) is 3. The van der Waals surface area contributed by atoms with Crippen LogP contribution in [0.5, 0.6) is 5.75 Å². The molecule has 0 aliphatic carbocycles. The minimum atomic E-state index is -0.424. The number of ether oxygens (including phenoxy) is 1.